The minimum absolute atomic E-state index is 0.0291. The van der Waals surface area contributed by atoms with Crippen LogP contribution in [0.4, 0.5) is 9.18 Å². The van der Waals surface area contributed by atoms with Crippen molar-refractivity contribution in [3.63, 3.8) is 0 Å². The third-order valence-electron chi connectivity index (χ3n) is 6.12. The van der Waals surface area contributed by atoms with Gasteiger partial charge in [0.25, 0.3) is 0 Å². The normalized spacial score (nSPS) is 20.3. The van der Waals surface area contributed by atoms with E-state index >= 15 is 0 Å². The first-order valence-corrected chi connectivity index (χ1v) is 12.0. The molecule has 2 aliphatic carbocycles. The van der Waals surface area contributed by atoms with E-state index in [0.29, 0.717) is 39.7 Å². The summed E-state index contributed by atoms with van der Waals surface area (Å²) < 4.78 is 20.4. The molecule has 0 radical (unpaired) electrons. The summed E-state index contributed by atoms with van der Waals surface area (Å²) in [5, 5.41) is -0.0536. The molecule has 0 aromatic heterocycles. The smallest absolute Gasteiger partial charge is 0.372 e. The van der Waals surface area contributed by atoms with Gasteiger partial charge in [-0.15, -0.1) is 0 Å². The molecule has 0 aliphatic heterocycles. The molecule has 0 N–H and O–H groups in total. The topological polar surface area (TPSA) is 43.4 Å². The molecule has 162 valence electrons. The summed E-state index contributed by atoms with van der Waals surface area (Å²) in [4.78, 5) is 25.7. The van der Waals surface area contributed by atoms with Crippen LogP contribution < -0.4 is 0 Å². The largest absolute Gasteiger partial charge is 0.422 e. The monoisotopic (exact) mass is 458 g/mol. The second-order valence-electron chi connectivity index (χ2n) is 7.95. The van der Waals surface area contributed by atoms with E-state index in [1.54, 1.807) is 12.1 Å². The first kappa shape index (κ1) is 22.1. The van der Waals surface area contributed by atoms with Crippen molar-refractivity contribution in [3.8, 4) is 11.1 Å². The van der Waals surface area contributed by atoms with Gasteiger partial charge in [-0.05, 0) is 78.4 Å². The Balaban J connectivity index is 1.88. The van der Waals surface area contributed by atoms with Crippen LogP contribution in [0.3, 0.4) is 0 Å². The van der Waals surface area contributed by atoms with Crippen LogP contribution in [0.5, 0.6) is 0 Å². The van der Waals surface area contributed by atoms with Crippen LogP contribution in [0.15, 0.2) is 42.2 Å². The third kappa shape index (κ3) is 4.31. The number of thioether (sulfide) groups is 1. The molecule has 2 aliphatic rings. The van der Waals surface area contributed by atoms with E-state index in [9.17, 15) is 14.0 Å². The molecule has 0 heterocycles. The zero-order valence-electron chi connectivity index (χ0n) is 17.5. The van der Waals surface area contributed by atoms with E-state index in [-0.39, 0.29) is 22.9 Å². The lowest BCUT2D eigenvalue weighted by molar-refractivity contribution is -0.117. The molecule has 0 saturated heterocycles. The summed E-state index contributed by atoms with van der Waals surface area (Å²) in [5.41, 5.74) is 3.28. The number of Topliss-reactive ketones (excluding diaryl/α,β-unsaturated/α-hetero) is 1. The van der Waals surface area contributed by atoms with Crippen LogP contribution in [0.2, 0.25) is 5.02 Å². The van der Waals surface area contributed by atoms with Crippen LogP contribution in [0.1, 0.15) is 44.2 Å². The number of carbonyl (C=O) groups is 2. The average Bonchev–Trinajstić information content (AvgIpc) is 3.19. The molecule has 31 heavy (non-hydrogen) atoms. The van der Waals surface area contributed by atoms with Crippen molar-refractivity contribution in [1.29, 1.82) is 0 Å². The fourth-order valence-electron chi connectivity index (χ4n) is 4.63. The Morgan fingerprint density at radius 3 is 2.61 bits per heavy atom. The quantitative estimate of drug-likeness (QED) is 0.440. The highest BCUT2D eigenvalue weighted by Gasteiger charge is 2.43. The van der Waals surface area contributed by atoms with E-state index in [1.165, 1.54) is 6.07 Å². The lowest BCUT2D eigenvalue weighted by atomic mass is 9.81. The van der Waals surface area contributed by atoms with Gasteiger partial charge in [-0.3, -0.25) is 4.79 Å². The fourth-order valence-corrected chi connectivity index (χ4v) is 5.18. The maximum absolute atomic E-state index is 14.6. The van der Waals surface area contributed by atoms with E-state index in [1.807, 2.05) is 32.0 Å². The molecule has 2 bridgehead atoms. The zero-order chi connectivity index (χ0) is 22.1. The number of ether oxygens (including phenoxy) is 1. The lowest BCUT2D eigenvalue weighted by Gasteiger charge is -2.26. The van der Waals surface area contributed by atoms with Gasteiger partial charge in [-0.2, -0.15) is 0 Å². The molecule has 2 atom stereocenters. The molecule has 6 heteroatoms. The number of rotatable bonds is 5. The third-order valence-corrected chi connectivity index (χ3v) is 6.97. The first-order chi connectivity index (χ1) is 14.9. The van der Waals surface area contributed by atoms with Crippen molar-refractivity contribution in [3.05, 3.63) is 64.1 Å². The molecule has 3 nitrogen and oxygen atoms in total. The summed E-state index contributed by atoms with van der Waals surface area (Å²) in [6, 6.07) is 10.2. The van der Waals surface area contributed by atoms with Crippen LogP contribution in [-0.4, -0.2) is 16.8 Å². The Hall–Kier alpha value is -2.11. The predicted molar refractivity (Wildman–Crippen MR) is 124 cm³/mol. The van der Waals surface area contributed by atoms with Gasteiger partial charge in [0.15, 0.2) is 5.78 Å². The number of benzene rings is 2. The Bertz CT molecular complexity index is 1080. The minimum atomic E-state index is -0.419. The molecule has 1 saturated carbocycles. The fraction of sp³-hybridized carbons (Fsp3) is 0.360. The molecule has 2 aromatic rings. The van der Waals surface area contributed by atoms with Crippen molar-refractivity contribution < 1.29 is 18.7 Å². The summed E-state index contributed by atoms with van der Waals surface area (Å²) in [6.07, 6.45) is 3.08. The molecule has 0 spiro atoms. The minimum Gasteiger partial charge on any atom is -0.422 e. The number of carbonyl (C=O) groups excluding carboxylic acids is 2. The lowest BCUT2D eigenvalue weighted by Crippen LogP contribution is -2.24. The van der Waals surface area contributed by atoms with Gasteiger partial charge in [0.1, 0.15) is 11.6 Å². The maximum Gasteiger partial charge on any atom is 0.372 e. The van der Waals surface area contributed by atoms with Gasteiger partial charge in [-0.25, -0.2) is 9.18 Å². The van der Waals surface area contributed by atoms with Crippen LogP contribution in [-0.2, 0) is 16.0 Å². The van der Waals surface area contributed by atoms with E-state index in [2.05, 4.69) is 0 Å². The second-order valence-corrected chi connectivity index (χ2v) is 9.58. The SMILES string of the molecule is CCSC(=O)OC1=C(c2cc(-c3ccc(Cl)cc3F)ccc2CC)C(=O)[C@@H]2CCC1C2. The molecule has 1 fully saturated rings. The second kappa shape index (κ2) is 9.17. The van der Waals surface area contributed by atoms with E-state index in [0.717, 1.165) is 42.2 Å². The van der Waals surface area contributed by atoms with E-state index in [4.69, 9.17) is 16.3 Å². The van der Waals surface area contributed by atoms with E-state index < -0.39 is 5.82 Å². The number of halogens is 2. The molecular weight excluding hydrogens is 435 g/mol. The first-order valence-electron chi connectivity index (χ1n) is 10.6. The number of aryl methyl sites for hydroxylation is 1. The number of fused-ring (bicyclic) bond motifs is 2. The molecule has 4 rings (SSSR count). The Labute approximate surface area is 191 Å². The van der Waals surface area contributed by atoms with Crippen molar-refractivity contribution in [1.82, 2.24) is 0 Å². The Kier molecular flexibility index (Phi) is 6.54. The maximum atomic E-state index is 14.6. The van der Waals surface area contributed by atoms with Gasteiger partial charge < -0.3 is 4.74 Å². The molecule has 2 aromatic carbocycles. The number of ketones is 1. The van der Waals surface area contributed by atoms with Gasteiger partial charge in [0.05, 0.1) is 5.57 Å². The van der Waals surface area contributed by atoms with Gasteiger partial charge in [-0.1, -0.05) is 37.6 Å². The van der Waals surface area contributed by atoms with Crippen LogP contribution >= 0.6 is 23.4 Å². The average molecular weight is 459 g/mol. The predicted octanol–water partition coefficient (Wildman–Crippen LogP) is 7.31. The highest BCUT2D eigenvalue weighted by atomic mass is 35.5. The number of hydrogen-bond donors (Lipinski definition) is 0. The summed E-state index contributed by atoms with van der Waals surface area (Å²) >= 11 is 7.01. The molecule has 0 amide bonds. The van der Waals surface area contributed by atoms with Gasteiger partial charge >= 0.3 is 5.30 Å². The van der Waals surface area contributed by atoms with Gasteiger partial charge in [0.2, 0.25) is 0 Å². The standard InChI is InChI=1S/C25H24ClFO3S/c1-3-14-5-6-15(19-10-9-18(26)13-21(19)27)12-20(14)22-23(28)16-7-8-17(11-16)24(22)30-25(29)31-4-2/h5-6,9-10,12-13,16-17H,3-4,7-8,11H2,1-2H3/t16-,17?/m1/s1. The highest BCUT2D eigenvalue weighted by Crippen LogP contribution is 2.48. The Morgan fingerprint density at radius 1 is 1.13 bits per heavy atom. The molecule has 1 unspecified atom stereocenters. The van der Waals surface area contributed by atoms with Crippen molar-refractivity contribution in [2.24, 2.45) is 11.8 Å². The summed E-state index contributed by atoms with van der Waals surface area (Å²) in [5.74, 6) is 0.739. The summed E-state index contributed by atoms with van der Waals surface area (Å²) in [7, 11) is 0. The van der Waals surface area contributed by atoms with Crippen molar-refractivity contribution >= 4 is 40.0 Å². The zero-order valence-corrected chi connectivity index (χ0v) is 19.1. The Morgan fingerprint density at radius 2 is 1.90 bits per heavy atom. The van der Waals surface area contributed by atoms with Crippen molar-refractivity contribution in [2.45, 2.75) is 39.5 Å². The van der Waals surface area contributed by atoms with Gasteiger partial charge in [0, 0.05) is 28.2 Å². The van der Waals surface area contributed by atoms with Crippen LogP contribution in [0.25, 0.3) is 16.7 Å². The van der Waals surface area contributed by atoms with Crippen LogP contribution in [0, 0.1) is 17.7 Å². The summed E-state index contributed by atoms with van der Waals surface area (Å²) in [6.45, 7) is 3.90. The van der Waals surface area contributed by atoms with Crippen molar-refractivity contribution in [2.75, 3.05) is 5.75 Å². The number of hydrogen-bond acceptors (Lipinski definition) is 4. The number of allylic oxidation sites excluding steroid dienone is 2. The molecular formula is C25H24ClFO3S. The highest BCUT2D eigenvalue weighted by molar-refractivity contribution is 8.13.